The summed E-state index contributed by atoms with van der Waals surface area (Å²) >= 11 is 0. The smallest absolute Gasteiger partial charge is 0.213 e. The third-order valence-corrected chi connectivity index (χ3v) is 3.30. The second kappa shape index (κ2) is 7.07. The fourth-order valence-corrected chi connectivity index (χ4v) is 2.14. The molecule has 1 saturated heterocycles. The molecule has 1 atom stereocenters. The lowest BCUT2D eigenvalue weighted by molar-refractivity contribution is 0.173. The highest BCUT2D eigenvalue weighted by molar-refractivity contribution is 5.18. The molecule has 0 spiro atoms. The highest BCUT2D eigenvalue weighted by Crippen LogP contribution is 2.18. The SMILES string of the molecule is N#CCC(O)c1cccc(OCC2CCNCC2)n1. The van der Waals surface area contributed by atoms with E-state index in [1.807, 2.05) is 6.07 Å². The van der Waals surface area contributed by atoms with Crippen molar-refractivity contribution in [2.75, 3.05) is 19.7 Å². The highest BCUT2D eigenvalue weighted by Gasteiger charge is 2.14. The van der Waals surface area contributed by atoms with Crippen LogP contribution in [-0.4, -0.2) is 29.8 Å². The number of aromatic nitrogens is 1. The molecule has 5 nitrogen and oxygen atoms in total. The van der Waals surface area contributed by atoms with Gasteiger partial charge in [0.1, 0.15) is 6.10 Å². The van der Waals surface area contributed by atoms with Crippen LogP contribution in [0.3, 0.4) is 0 Å². The molecule has 0 saturated carbocycles. The molecule has 1 aliphatic heterocycles. The van der Waals surface area contributed by atoms with Gasteiger partial charge >= 0.3 is 0 Å². The molecular formula is C14H19N3O2. The van der Waals surface area contributed by atoms with E-state index in [-0.39, 0.29) is 6.42 Å². The number of aliphatic hydroxyl groups is 1. The Balaban J connectivity index is 1.89. The Bertz CT molecular complexity index is 439. The molecule has 0 radical (unpaired) electrons. The van der Waals surface area contributed by atoms with Crippen molar-refractivity contribution < 1.29 is 9.84 Å². The number of aliphatic hydroxyl groups excluding tert-OH is 1. The zero-order chi connectivity index (χ0) is 13.5. The molecule has 1 aromatic rings. The number of pyridine rings is 1. The molecule has 2 rings (SSSR count). The van der Waals surface area contributed by atoms with Crippen molar-refractivity contribution in [3.8, 4) is 11.9 Å². The van der Waals surface area contributed by atoms with Crippen LogP contribution in [0.2, 0.25) is 0 Å². The summed E-state index contributed by atoms with van der Waals surface area (Å²) in [5.74, 6) is 1.09. The number of ether oxygens (including phenoxy) is 1. The van der Waals surface area contributed by atoms with Gasteiger partial charge in [-0.1, -0.05) is 6.07 Å². The molecular weight excluding hydrogens is 242 g/mol. The molecule has 102 valence electrons. The second-order valence-electron chi connectivity index (χ2n) is 4.78. The van der Waals surface area contributed by atoms with E-state index in [0.717, 1.165) is 25.9 Å². The molecule has 1 aromatic heterocycles. The molecule has 0 bridgehead atoms. The van der Waals surface area contributed by atoms with Crippen LogP contribution in [0, 0.1) is 17.2 Å². The van der Waals surface area contributed by atoms with Gasteiger partial charge in [-0.2, -0.15) is 5.26 Å². The molecule has 0 aromatic carbocycles. The van der Waals surface area contributed by atoms with Crippen LogP contribution in [0.5, 0.6) is 5.88 Å². The van der Waals surface area contributed by atoms with Gasteiger partial charge in [-0.15, -0.1) is 0 Å². The average Bonchev–Trinajstić information content (AvgIpc) is 2.47. The van der Waals surface area contributed by atoms with Gasteiger partial charge < -0.3 is 15.2 Å². The van der Waals surface area contributed by atoms with Gasteiger partial charge in [0.25, 0.3) is 0 Å². The molecule has 0 aliphatic carbocycles. The van der Waals surface area contributed by atoms with Crippen molar-refractivity contribution in [1.82, 2.24) is 10.3 Å². The Labute approximate surface area is 113 Å². The second-order valence-corrected chi connectivity index (χ2v) is 4.78. The largest absolute Gasteiger partial charge is 0.477 e. The summed E-state index contributed by atoms with van der Waals surface area (Å²) in [5.41, 5.74) is 0.490. The molecule has 19 heavy (non-hydrogen) atoms. The topological polar surface area (TPSA) is 78.2 Å². The van der Waals surface area contributed by atoms with Crippen molar-refractivity contribution in [3.05, 3.63) is 23.9 Å². The monoisotopic (exact) mass is 261 g/mol. The predicted octanol–water partition coefficient (Wildman–Crippen LogP) is 1.41. The maximum Gasteiger partial charge on any atom is 0.213 e. The van der Waals surface area contributed by atoms with Gasteiger partial charge in [-0.05, 0) is 37.9 Å². The molecule has 2 heterocycles. The van der Waals surface area contributed by atoms with Gasteiger partial charge in [-0.25, -0.2) is 4.98 Å². The first kappa shape index (κ1) is 13.8. The van der Waals surface area contributed by atoms with Crippen LogP contribution in [-0.2, 0) is 0 Å². The molecule has 0 amide bonds. The van der Waals surface area contributed by atoms with Gasteiger partial charge in [0.2, 0.25) is 5.88 Å². The maximum absolute atomic E-state index is 9.71. The predicted molar refractivity (Wildman–Crippen MR) is 70.5 cm³/mol. The zero-order valence-corrected chi connectivity index (χ0v) is 10.9. The standard InChI is InChI=1S/C14H19N3O2/c15-7-4-13(18)12-2-1-3-14(17-12)19-10-11-5-8-16-9-6-11/h1-3,11,13,16,18H,4-6,8-10H2. The number of hydrogen-bond donors (Lipinski definition) is 2. The lowest BCUT2D eigenvalue weighted by Crippen LogP contribution is -2.30. The summed E-state index contributed by atoms with van der Waals surface area (Å²) in [5, 5.41) is 21.6. The fourth-order valence-electron chi connectivity index (χ4n) is 2.14. The minimum Gasteiger partial charge on any atom is -0.477 e. The van der Waals surface area contributed by atoms with Crippen molar-refractivity contribution >= 4 is 0 Å². The third kappa shape index (κ3) is 4.19. The summed E-state index contributed by atoms with van der Waals surface area (Å²) < 4.78 is 5.68. The fraction of sp³-hybridized carbons (Fsp3) is 0.571. The number of nitrogens with one attached hydrogen (secondary N) is 1. The lowest BCUT2D eigenvalue weighted by atomic mass is 9.99. The van der Waals surface area contributed by atoms with Crippen molar-refractivity contribution in [2.45, 2.75) is 25.4 Å². The normalized spacial score (nSPS) is 17.7. The Morgan fingerprint density at radius 1 is 1.47 bits per heavy atom. The van der Waals surface area contributed by atoms with Crippen LogP contribution in [0.1, 0.15) is 31.1 Å². The number of nitriles is 1. The Morgan fingerprint density at radius 3 is 3.00 bits per heavy atom. The van der Waals surface area contributed by atoms with E-state index < -0.39 is 6.10 Å². The third-order valence-electron chi connectivity index (χ3n) is 3.30. The van der Waals surface area contributed by atoms with Crippen LogP contribution in [0.25, 0.3) is 0 Å². The molecule has 1 fully saturated rings. The number of piperidine rings is 1. The number of rotatable bonds is 5. The summed E-state index contributed by atoms with van der Waals surface area (Å²) in [7, 11) is 0. The molecule has 1 aliphatic rings. The van der Waals surface area contributed by atoms with Gasteiger partial charge in [0.15, 0.2) is 0 Å². The van der Waals surface area contributed by atoms with Crippen molar-refractivity contribution in [1.29, 1.82) is 5.26 Å². The Morgan fingerprint density at radius 2 is 2.26 bits per heavy atom. The van der Waals surface area contributed by atoms with Gasteiger partial charge in [-0.3, -0.25) is 0 Å². The first-order valence-electron chi connectivity index (χ1n) is 6.65. The molecule has 2 N–H and O–H groups in total. The Hall–Kier alpha value is -1.64. The van der Waals surface area contributed by atoms with E-state index >= 15 is 0 Å². The zero-order valence-electron chi connectivity index (χ0n) is 10.9. The average molecular weight is 261 g/mol. The van der Waals surface area contributed by atoms with E-state index in [9.17, 15) is 5.11 Å². The van der Waals surface area contributed by atoms with Crippen LogP contribution in [0.15, 0.2) is 18.2 Å². The van der Waals surface area contributed by atoms with E-state index in [1.54, 1.807) is 18.2 Å². The summed E-state index contributed by atoms with van der Waals surface area (Å²) in [4.78, 5) is 4.24. The first-order chi connectivity index (χ1) is 9.29. The van der Waals surface area contributed by atoms with E-state index in [2.05, 4.69) is 10.3 Å². The van der Waals surface area contributed by atoms with Crippen LogP contribution < -0.4 is 10.1 Å². The lowest BCUT2D eigenvalue weighted by Gasteiger charge is -2.22. The molecule has 1 unspecified atom stereocenters. The van der Waals surface area contributed by atoms with E-state index in [1.165, 1.54) is 0 Å². The van der Waals surface area contributed by atoms with Crippen molar-refractivity contribution in [2.24, 2.45) is 5.92 Å². The first-order valence-corrected chi connectivity index (χ1v) is 6.65. The minimum atomic E-state index is -0.840. The summed E-state index contributed by atoms with van der Waals surface area (Å²) in [6, 6.07) is 7.21. The quantitative estimate of drug-likeness (QED) is 0.837. The summed E-state index contributed by atoms with van der Waals surface area (Å²) in [6.07, 6.45) is 1.45. The molecule has 5 heteroatoms. The number of nitrogens with zero attached hydrogens (tertiary/aromatic N) is 2. The van der Waals surface area contributed by atoms with Gasteiger partial charge in [0.05, 0.1) is 24.8 Å². The Kier molecular flexibility index (Phi) is 5.13. The van der Waals surface area contributed by atoms with E-state index in [4.69, 9.17) is 10.00 Å². The minimum absolute atomic E-state index is 0.0464. The van der Waals surface area contributed by atoms with Crippen LogP contribution in [0.4, 0.5) is 0 Å². The van der Waals surface area contributed by atoms with Crippen molar-refractivity contribution in [3.63, 3.8) is 0 Å². The maximum atomic E-state index is 9.71. The van der Waals surface area contributed by atoms with E-state index in [0.29, 0.717) is 24.1 Å². The van der Waals surface area contributed by atoms with Crippen LogP contribution >= 0.6 is 0 Å². The number of hydrogen-bond acceptors (Lipinski definition) is 5. The van der Waals surface area contributed by atoms with Gasteiger partial charge in [0, 0.05) is 6.07 Å². The highest BCUT2D eigenvalue weighted by atomic mass is 16.5. The summed E-state index contributed by atoms with van der Waals surface area (Å²) in [6.45, 7) is 2.75.